The maximum Gasteiger partial charge on any atom is 0.293 e. The van der Waals surface area contributed by atoms with Crippen molar-refractivity contribution in [1.82, 2.24) is 0 Å². The van der Waals surface area contributed by atoms with Crippen LogP contribution in [-0.2, 0) is 9.47 Å². The minimum absolute atomic E-state index is 0.372. The van der Waals surface area contributed by atoms with E-state index in [-0.39, 0.29) is 0 Å². The SMILES string of the molecule is [B]C(C=C)(OC(F)C(F)F)OC(F)C(F)F. The van der Waals surface area contributed by atoms with E-state index in [4.69, 9.17) is 7.85 Å². The van der Waals surface area contributed by atoms with Crippen LogP contribution in [-0.4, -0.2) is 39.1 Å². The molecule has 0 aliphatic heterocycles. The van der Waals surface area contributed by atoms with Gasteiger partial charge in [0.15, 0.2) is 7.85 Å². The Kier molecular flexibility index (Phi) is 5.88. The summed E-state index contributed by atoms with van der Waals surface area (Å²) in [7, 11) is 4.87. The highest BCUT2D eigenvalue weighted by molar-refractivity contribution is 6.14. The Morgan fingerprint density at radius 1 is 0.938 bits per heavy atom. The van der Waals surface area contributed by atoms with Gasteiger partial charge in [0.2, 0.25) is 0 Å². The van der Waals surface area contributed by atoms with Crippen LogP contribution in [0.3, 0.4) is 0 Å². The number of rotatable bonds is 7. The molecule has 0 bridgehead atoms. The second-order valence-corrected chi connectivity index (χ2v) is 2.53. The highest BCUT2D eigenvalue weighted by atomic mass is 19.3. The van der Waals surface area contributed by atoms with E-state index in [0.29, 0.717) is 6.08 Å². The Morgan fingerprint density at radius 3 is 1.44 bits per heavy atom. The van der Waals surface area contributed by atoms with Gasteiger partial charge in [-0.25, -0.2) is 26.3 Å². The second kappa shape index (κ2) is 6.14. The maximum atomic E-state index is 12.4. The number of halogens is 6. The summed E-state index contributed by atoms with van der Waals surface area (Å²) in [5, 5.41) is 0. The summed E-state index contributed by atoms with van der Waals surface area (Å²) in [6, 6.07) is 0. The van der Waals surface area contributed by atoms with Crippen LogP contribution in [0, 0.1) is 0 Å². The average Bonchev–Trinajstić information content (AvgIpc) is 2.17. The van der Waals surface area contributed by atoms with Gasteiger partial charge in [0.25, 0.3) is 25.6 Å². The molecule has 0 aliphatic rings. The molecule has 0 aromatic carbocycles. The number of ether oxygens (including phenoxy) is 2. The third-order valence-electron chi connectivity index (χ3n) is 1.27. The molecule has 2 atom stereocenters. The van der Waals surface area contributed by atoms with Crippen LogP contribution in [0.25, 0.3) is 0 Å². The van der Waals surface area contributed by atoms with E-state index >= 15 is 0 Å². The van der Waals surface area contributed by atoms with Crippen molar-refractivity contribution in [1.29, 1.82) is 0 Å². The number of alkyl halides is 6. The van der Waals surface area contributed by atoms with E-state index < -0.39 is 31.3 Å². The lowest BCUT2D eigenvalue weighted by atomic mass is 9.94. The molecule has 0 saturated carbocycles. The van der Waals surface area contributed by atoms with Crippen molar-refractivity contribution >= 4 is 7.85 Å². The van der Waals surface area contributed by atoms with Crippen LogP contribution in [0.4, 0.5) is 26.3 Å². The standard InChI is InChI=1S/C7H7BF6O2/c1-2-7(8,15-5(13)3(9)10)16-6(14)4(11)12/h2-6H,1H2. The van der Waals surface area contributed by atoms with Crippen molar-refractivity contribution in [2.24, 2.45) is 0 Å². The highest BCUT2D eigenvalue weighted by Crippen LogP contribution is 2.22. The normalized spacial score (nSPS) is 19.5. The van der Waals surface area contributed by atoms with E-state index in [9.17, 15) is 26.3 Å². The molecule has 0 aromatic rings. The topological polar surface area (TPSA) is 18.5 Å². The lowest BCUT2D eigenvalue weighted by Gasteiger charge is -2.30. The molecular weight excluding hydrogens is 241 g/mol. The lowest BCUT2D eigenvalue weighted by molar-refractivity contribution is -0.287. The Morgan fingerprint density at radius 2 is 1.25 bits per heavy atom. The van der Waals surface area contributed by atoms with Crippen molar-refractivity contribution in [3.05, 3.63) is 12.7 Å². The van der Waals surface area contributed by atoms with E-state index in [1.807, 2.05) is 0 Å². The first kappa shape index (κ1) is 15.3. The molecule has 0 amide bonds. The molecule has 2 radical (unpaired) electrons. The van der Waals surface area contributed by atoms with Gasteiger partial charge in [-0.05, 0) is 6.08 Å². The van der Waals surface area contributed by atoms with Gasteiger partial charge in [-0.3, -0.25) is 0 Å². The fraction of sp³-hybridized carbons (Fsp3) is 0.714. The average molecular weight is 248 g/mol. The summed E-state index contributed by atoms with van der Waals surface area (Å²) in [6.07, 6.45) is -13.2. The fourth-order valence-corrected chi connectivity index (χ4v) is 0.579. The zero-order valence-electron chi connectivity index (χ0n) is 7.76. The molecule has 16 heavy (non-hydrogen) atoms. The molecule has 9 heteroatoms. The first-order valence-electron chi connectivity index (χ1n) is 3.84. The van der Waals surface area contributed by atoms with Crippen LogP contribution < -0.4 is 0 Å². The Bertz CT molecular complexity index is 211. The smallest absolute Gasteiger partial charge is 0.293 e. The minimum Gasteiger partial charge on any atom is -0.317 e. The van der Waals surface area contributed by atoms with Gasteiger partial charge < -0.3 is 9.47 Å². The molecule has 92 valence electrons. The van der Waals surface area contributed by atoms with Gasteiger partial charge >= 0.3 is 0 Å². The third kappa shape index (κ3) is 4.89. The minimum atomic E-state index is -3.59. The number of hydrogen-bond acceptors (Lipinski definition) is 2. The Labute approximate surface area is 88.6 Å². The van der Waals surface area contributed by atoms with Crippen LogP contribution in [0.1, 0.15) is 0 Å². The fourth-order valence-electron chi connectivity index (χ4n) is 0.579. The summed E-state index contributed by atoms with van der Waals surface area (Å²) >= 11 is 0. The molecule has 0 aromatic heterocycles. The Balaban J connectivity index is 4.47. The number of hydrogen-bond donors (Lipinski definition) is 0. The molecule has 0 saturated heterocycles. The largest absolute Gasteiger partial charge is 0.317 e. The van der Waals surface area contributed by atoms with E-state index in [2.05, 4.69) is 16.1 Å². The summed E-state index contributed by atoms with van der Waals surface area (Å²) in [5.41, 5.74) is -2.90. The predicted molar refractivity (Wildman–Crippen MR) is 42.7 cm³/mol. The van der Waals surface area contributed by atoms with Gasteiger partial charge in [-0.1, -0.05) is 6.58 Å². The predicted octanol–water partition coefficient (Wildman–Crippen LogP) is 2.15. The van der Waals surface area contributed by atoms with Gasteiger partial charge in [-0.2, -0.15) is 0 Å². The molecule has 0 heterocycles. The monoisotopic (exact) mass is 248 g/mol. The van der Waals surface area contributed by atoms with E-state index in [0.717, 1.165) is 0 Å². The van der Waals surface area contributed by atoms with Gasteiger partial charge in [0.05, 0.1) is 0 Å². The second-order valence-electron chi connectivity index (χ2n) is 2.53. The van der Waals surface area contributed by atoms with Crippen LogP contribution in [0.5, 0.6) is 0 Å². The van der Waals surface area contributed by atoms with E-state index in [1.165, 1.54) is 0 Å². The van der Waals surface area contributed by atoms with Crippen molar-refractivity contribution < 1.29 is 35.8 Å². The van der Waals surface area contributed by atoms with E-state index in [1.54, 1.807) is 0 Å². The molecule has 0 N–H and O–H groups in total. The van der Waals surface area contributed by atoms with Crippen LogP contribution in [0.15, 0.2) is 12.7 Å². The van der Waals surface area contributed by atoms with Gasteiger partial charge in [0.1, 0.15) is 5.69 Å². The molecule has 0 aliphatic carbocycles. The molecular formula is C7H7BF6O2. The molecule has 0 fully saturated rings. The van der Waals surface area contributed by atoms with Crippen LogP contribution >= 0.6 is 0 Å². The summed E-state index contributed by atoms with van der Waals surface area (Å²) < 4.78 is 79.0. The quantitative estimate of drug-likeness (QED) is 0.297. The van der Waals surface area contributed by atoms with Crippen molar-refractivity contribution in [3.63, 3.8) is 0 Å². The van der Waals surface area contributed by atoms with Crippen molar-refractivity contribution in [3.8, 4) is 0 Å². The molecule has 0 rings (SSSR count). The van der Waals surface area contributed by atoms with Gasteiger partial charge in [-0.15, -0.1) is 0 Å². The van der Waals surface area contributed by atoms with Gasteiger partial charge in [0, 0.05) is 0 Å². The van der Waals surface area contributed by atoms with Crippen molar-refractivity contribution in [2.45, 2.75) is 31.3 Å². The van der Waals surface area contributed by atoms with Crippen molar-refractivity contribution in [2.75, 3.05) is 0 Å². The summed E-state index contributed by atoms with van der Waals surface area (Å²) in [5.74, 6) is 0. The molecule has 0 spiro atoms. The summed E-state index contributed by atoms with van der Waals surface area (Å²) in [6.45, 7) is 2.86. The zero-order chi connectivity index (χ0) is 12.9. The molecule has 2 nitrogen and oxygen atoms in total. The zero-order valence-corrected chi connectivity index (χ0v) is 7.76. The first-order valence-corrected chi connectivity index (χ1v) is 3.84. The maximum absolute atomic E-state index is 12.4. The Hall–Kier alpha value is -0.695. The highest BCUT2D eigenvalue weighted by Gasteiger charge is 2.35. The summed E-state index contributed by atoms with van der Waals surface area (Å²) in [4.78, 5) is 0. The lowest BCUT2D eigenvalue weighted by Crippen LogP contribution is -2.42. The third-order valence-corrected chi connectivity index (χ3v) is 1.27. The van der Waals surface area contributed by atoms with Crippen LogP contribution in [0.2, 0.25) is 0 Å². The first-order chi connectivity index (χ1) is 7.22. The molecule has 2 unspecified atom stereocenters.